The molecular formula is C16H26N4O. The lowest BCUT2D eigenvalue weighted by Gasteiger charge is -2.31. The van der Waals surface area contributed by atoms with Gasteiger partial charge in [0.05, 0.1) is 6.04 Å². The molecule has 0 aromatic rings. The van der Waals surface area contributed by atoms with E-state index >= 15 is 0 Å². The minimum Gasteiger partial charge on any atom is -0.334 e. The Bertz CT molecular complexity index is 432. The monoisotopic (exact) mass is 290 g/mol. The Balaban J connectivity index is 2.13. The molecule has 1 heterocycles. The number of carbonyl (C=O) groups excluding carboxylic acids is 1. The van der Waals surface area contributed by atoms with Gasteiger partial charge in [0.2, 0.25) is 5.91 Å². The summed E-state index contributed by atoms with van der Waals surface area (Å²) in [5.41, 5.74) is 0. The molecule has 2 fully saturated rings. The summed E-state index contributed by atoms with van der Waals surface area (Å²) in [4.78, 5) is 18.8. The van der Waals surface area contributed by atoms with E-state index in [0.717, 1.165) is 19.1 Å². The molecule has 1 aliphatic carbocycles. The Hall–Kier alpha value is -1.49. The van der Waals surface area contributed by atoms with Gasteiger partial charge in [-0.15, -0.1) is 0 Å². The number of nitrogens with one attached hydrogen (secondary N) is 2. The van der Waals surface area contributed by atoms with Crippen LogP contribution < -0.4 is 5.32 Å². The predicted molar refractivity (Wildman–Crippen MR) is 85.9 cm³/mol. The quantitative estimate of drug-likeness (QED) is 0.759. The lowest BCUT2D eigenvalue weighted by molar-refractivity contribution is -0.135. The second-order valence-corrected chi connectivity index (χ2v) is 6.08. The maximum Gasteiger partial charge on any atom is 0.240 e. The summed E-state index contributed by atoms with van der Waals surface area (Å²) in [5.74, 6) is 1.25. The van der Waals surface area contributed by atoms with Gasteiger partial charge in [-0.25, -0.2) is 0 Å². The second kappa shape index (κ2) is 7.50. The van der Waals surface area contributed by atoms with E-state index < -0.39 is 0 Å². The molecule has 21 heavy (non-hydrogen) atoms. The Morgan fingerprint density at radius 1 is 1.48 bits per heavy atom. The third-order valence-corrected chi connectivity index (χ3v) is 4.78. The minimum absolute atomic E-state index is 0.0749. The number of amides is 1. The fourth-order valence-corrected chi connectivity index (χ4v) is 3.85. The molecule has 2 aliphatic rings. The summed E-state index contributed by atoms with van der Waals surface area (Å²) < 4.78 is 0. The van der Waals surface area contributed by atoms with Gasteiger partial charge >= 0.3 is 0 Å². The van der Waals surface area contributed by atoms with Crippen molar-refractivity contribution in [3.8, 4) is 0 Å². The van der Waals surface area contributed by atoms with E-state index in [2.05, 4.69) is 17.2 Å². The number of likely N-dealkylation sites (tertiary alicyclic amines) is 1. The highest BCUT2D eigenvalue weighted by Gasteiger charge is 2.42. The Morgan fingerprint density at radius 2 is 2.29 bits per heavy atom. The molecule has 116 valence electrons. The molecule has 2 rings (SSSR count). The molecule has 5 heteroatoms. The van der Waals surface area contributed by atoms with Crippen LogP contribution in [-0.2, 0) is 4.79 Å². The first kappa shape index (κ1) is 15.9. The van der Waals surface area contributed by atoms with Crippen LogP contribution in [0.2, 0.25) is 0 Å². The maximum absolute atomic E-state index is 12.8. The van der Waals surface area contributed by atoms with Crippen LogP contribution in [0.5, 0.6) is 0 Å². The van der Waals surface area contributed by atoms with Crippen LogP contribution in [0.4, 0.5) is 0 Å². The number of likely N-dealkylation sites (N-methyl/N-ethyl adjacent to an activating group) is 1. The topological polar surface area (TPSA) is 68.6 Å². The fourth-order valence-electron chi connectivity index (χ4n) is 3.85. The van der Waals surface area contributed by atoms with Crippen molar-refractivity contribution < 1.29 is 4.79 Å². The van der Waals surface area contributed by atoms with Crippen molar-refractivity contribution in [2.24, 2.45) is 16.8 Å². The van der Waals surface area contributed by atoms with Crippen LogP contribution in [-0.4, -0.2) is 48.9 Å². The molecule has 0 bridgehead atoms. The Kier molecular flexibility index (Phi) is 5.67. The highest BCUT2D eigenvalue weighted by molar-refractivity contribution is 6.14. The van der Waals surface area contributed by atoms with Crippen molar-refractivity contribution in [3.05, 3.63) is 12.3 Å². The molecule has 0 aromatic carbocycles. The first-order valence-corrected chi connectivity index (χ1v) is 7.84. The number of fused-ring (bicyclic) bond motifs is 1. The normalized spacial score (nSPS) is 33.6. The highest BCUT2D eigenvalue weighted by Crippen LogP contribution is 2.38. The zero-order chi connectivity index (χ0) is 15.2. The van der Waals surface area contributed by atoms with Crippen LogP contribution in [0.25, 0.3) is 0 Å². The maximum atomic E-state index is 12.8. The lowest BCUT2D eigenvalue weighted by Crippen LogP contribution is -2.49. The van der Waals surface area contributed by atoms with Crippen LogP contribution in [0.1, 0.15) is 32.6 Å². The van der Waals surface area contributed by atoms with Crippen LogP contribution in [0.15, 0.2) is 17.3 Å². The Morgan fingerprint density at radius 3 is 3.00 bits per heavy atom. The summed E-state index contributed by atoms with van der Waals surface area (Å²) >= 11 is 0. The summed E-state index contributed by atoms with van der Waals surface area (Å²) in [6.45, 7) is 2.79. The number of hydrogen-bond acceptors (Lipinski definition) is 4. The standard InChI is InChI=1S/C16H26N4O/c1-12-11-13-5-3-6-14(13)20(16(21)15(12)18-2)10-4-8-19-9-7-17/h4,7-9,12-15,17-18H,3,5-6,10-11H2,1-2H3/b8-4+,17-7?,19-9?. The number of aliphatic imine (C=N–C) groups is 1. The molecule has 2 N–H and O–H groups in total. The first-order valence-electron chi connectivity index (χ1n) is 7.84. The van der Waals surface area contributed by atoms with E-state index in [0.29, 0.717) is 24.4 Å². The zero-order valence-electron chi connectivity index (χ0n) is 13.0. The third-order valence-electron chi connectivity index (χ3n) is 4.78. The predicted octanol–water partition coefficient (Wildman–Crippen LogP) is 1.85. The van der Waals surface area contributed by atoms with Crippen molar-refractivity contribution in [2.75, 3.05) is 13.6 Å². The van der Waals surface area contributed by atoms with Gasteiger partial charge in [0.1, 0.15) is 0 Å². The molecule has 4 unspecified atom stereocenters. The molecule has 1 aliphatic heterocycles. The van der Waals surface area contributed by atoms with Crippen LogP contribution in [0, 0.1) is 17.2 Å². The van der Waals surface area contributed by atoms with E-state index in [1.54, 1.807) is 6.20 Å². The van der Waals surface area contributed by atoms with Crippen LogP contribution >= 0.6 is 0 Å². The number of nitrogens with zero attached hydrogens (tertiary/aromatic N) is 2. The van der Waals surface area contributed by atoms with Gasteiger partial charge in [-0.1, -0.05) is 13.3 Å². The highest BCUT2D eigenvalue weighted by atomic mass is 16.2. The summed E-state index contributed by atoms with van der Waals surface area (Å²) in [7, 11) is 1.88. The molecule has 4 atom stereocenters. The van der Waals surface area contributed by atoms with E-state index in [1.165, 1.54) is 19.1 Å². The molecule has 1 saturated heterocycles. The average molecular weight is 290 g/mol. The lowest BCUT2D eigenvalue weighted by atomic mass is 9.90. The van der Waals surface area contributed by atoms with Gasteiger partial charge in [-0.05, 0) is 44.2 Å². The largest absolute Gasteiger partial charge is 0.334 e. The zero-order valence-corrected chi connectivity index (χ0v) is 13.0. The summed E-state index contributed by atoms with van der Waals surface area (Å²) in [6, 6.07) is 0.309. The molecule has 1 amide bonds. The van der Waals surface area contributed by atoms with Crippen molar-refractivity contribution in [1.82, 2.24) is 10.2 Å². The third kappa shape index (κ3) is 3.59. The van der Waals surface area contributed by atoms with E-state index in [4.69, 9.17) is 5.41 Å². The number of hydrogen-bond donors (Lipinski definition) is 2. The second-order valence-electron chi connectivity index (χ2n) is 6.08. The van der Waals surface area contributed by atoms with Crippen molar-refractivity contribution in [2.45, 2.75) is 44.7 Å². The number of rotatable bonds is 5. The van der Waals surface area contributed by atoms with Gasteiger partial charge in [-0.2, -0.15) is 0 Å². The minimum atomic E-state index is -0.0749. The van der Waals surface area contributed by atoms with Gasteiger partial charge < -0.3 is 15.6 Å². The molecule has 5 nitrogen and oxygen atoms in total. The number of carbonyl (C=O) groups is 1. The summed E-state index contributed by atoms with van der Waals surface area (Å²) in [6.07, 6.45) is 10.9. The Labute approximate surface area is 127 Å². The average Bonchev–Trinajstić information content (AvgIpc) is 2.88. The van der Waals surface area contributed by atoms with E-state index in [1.807, 2.05) is 18.0 Å². The van der Waals surface area contributed by atoms with Gasteiger partial charge in [0.15, 0.2) is 0 Å². The van der Waals surface area contributed by atoms with Crippen molar-refractivity contribution >= 4 is 18.3 Å². The van der Waals surface area contributed by atoms with E-state index in [-0.39, 0.29) is 11.9 Å². The SMILES string of the molecule is CNC1C(=O)N(C/C=C/N=CC=N)C2CCCC2CC1C. The van der Waals surface area contributed by atoms with Gasteiger partial charge in [0.25, 0.3) is 0 Å². The van der Waals surface area contributed by atoms with Gasteiger partial charge in [-0.3, -0.25) is 9.79 Å². The molecular weight excluding hydrogens is 264 g/mol. The molecule has 0 aromatic heterocycles. The fraction of sp³-hybridized carbons (Fsp3) is 0.688. The molecule has 0 radical (unpaired) electrons. The smallest absolute Gasteiger partial charge is 0.240 e. The van der Waals surface area contributed by atoms with E-state index in [9.17, 15) is 4.79 Å². The molecule has 0 spiro atoms. The first-order chi connectivity index (χ1) is 10.2. The molecule has 1 saturated carbocycles. The van der Waals surface area contributed by atoms with Crippen molar-refractivity contribution in [3.63, 3.8) is 0 Å². The van der Waals surface area contributed by atoms with Gasteiger partial charge in [0, 0.05) is 31.2 Å². The van der Waals surface area contributed by atoms with Crippen LogP contribution in [0.3, 0.4) is 0 Å². The van der Waals surface area contributed by atoms with Crippen molar-refractivity contribution in [1.29, 1.82) is 5.41 Å². The summed E-state index contributed by atoms with van der Waals surface area (Å²) in [5, 5.41) is 10.1.